The molecule has 4 heterocycles. The zero-order valence-corrected chi connectivity index (χ0v) is 15.0. The van der Waals surface area contributed by atoms with E-state index in [1.54, 1.807) is 0 Å². The summed E-state index contributed by atoms with van der Waals surface area (Å²) in [5.41, 5.74) is 3.73. The van der Waals surface area contributed by atoms with Crippen LogP contribution in [-0.4, -0.2) is 46.2 Å². The van der Waals surface area contributed by atoms with Gasteiger partial charge in [0.1, 0.15) is 0 Å². The number of rotatable bonds is 1. The van der Waals surface area contributed by atoms with Crippen LogP contribution in [0.5, 0.6) is 0 Å². The van der Waals surface area contributed by atoms with E-state index in [1.807, 2.05) is 24.8 Å². The average molecular weight is 341 g/mol. The first-order chi connectivity index (χ1) is 12.0. The molecule has 0 atom stereocenters. The fourth-order valence-corrected chi connectivity index (χ4v) is 3.91. The predicted molar refractivity (Wildman–Crippen MR) is 93.5 cm³/mol. The molecule has 0 aliphatic carbocycles. The first kappa shape index (κ1) is 16.3. The minimum absolute atomic E-state index is 0.0214. The molecule has 132 valence electrons. The van der Waals surface area contributed by atoms with Gasteiger partial charge in [0.05, 0.1) is 28.9 Å². The van der Waals surface area contributed by atoms with Crippen molar-refractivity contribution in [3.63, 3.8) is 0 Å². The molecule has 1 fully saturated rings. The van der Waals surface area contributed by atoms with Gasteiger partial charge in [-0.25, -0.2) is 4.98 Å². The summed E-state index contributed by atoms with van der Waals surface area (Å²) in [6.45, 7) is 8.02. The molecule has 1 amide bonds. The van der Waals surface area contributed by atoms with Crippen molar-refractivity contribution in [1.29, 1.82) is 0 Å². The Morgan fingerprint density at radius 2 is 2.00 bits per heavy atom. The third-order valence-corrected chi connectivity index (χ3v) is 5.27. The van der Waals surface area contributed by atoms with E-state index in [0.717, 1.165) is 36.9 Å². The number of piperidine rings is 1. The summed E-state index contributed by atoms with van der Waals surface area (Å²) in [6.07, 6.45) is 4.94. The van der Waals surface area contributed by atoms with Crippen molar-refractivity contribution in [2.24, 2.45) is 0 Å². The predicted octanol–water partition coefficient (Wildman–Crippen LogP) is 3.18. The molecule has 2 aliphatic heterocycles. The van der Waals surface area contributed by atoms with Gasteiger partial charge in [0.25, 0.3) is 11.6 Å². The molecular weight excluding hydrogens is 318 g/mol. The van der Waals surface area contributed by atoms with Gasteiger partial charge >= 0.3 is 0 Å². The fraction of sp³-hybridized carbons (Fsp3) is 0.526. The number of carbonyl (C=O) groups is 1. The number of pyridine rings is 1. The number of aromatic nitrogens is 2. The number of likely N-dealkylation sites (tertiary alicyclic amines) is 1. The standard InChI is InChI=1S/C19H23N3O3/c1-12-4-9-24-19(11-12)5-7-22(8-6-19)18(23)15-10-13(2)20-17-16(15)14(3)21-25-17/h10-11H,4-9H2,1-3H3. The van der Waals surface area contributed by atoms with Gasteiger partial charge in [0.2, 0.25) is 0 Å². The molecular formula is C19H23N3O3. The molecule has 2 aromatic rings. The number of carbonyl (C=O) groups excluding carboxylic acids is 1. The molecule has 0 saturated carbocycles. The van der Waals surface area contributed by atoms with Crippen LogP contribution < -0.4 is 0 Å². The largest absolute Gasteiger partial charge is 0.370 e. The van der Waals surface area contributed by atoms with Gasteiger partial charge in [-0.05, 0) is 46.1 Å². The lowest BCUT2D eigenvalue weighted by molar-refractivity contribution is -0.0522. The molecule has 0 unspecified atom stereocenters. The fourth-order valence-electron chi connectivity index (χ4n) is 3.91. The summed E-state index contributed by atoms with van der Waals surface area (Å²) >= 11 is 0. The molecule has 0 bridgehead atoms. The molecule has 2 aliphatic rings. The maximum absolute atomic E-state index is 13.1. The molecule has 2 aromatic heterocycles. The molecule has 0 N–H and O–H groups in total. The highest BCUT2D eigenvalue weighted by Crippen LogP contribution is 2.34. The summed E-state index contributed by atoms with van der Waals surface area (Å²) in [4.78, 5) is 19.4. The number of nitrogens with zero attached hydrogens (tertiary/aromatic N) is 3. The highest BCUT2D eigenvalue weighted by molar-refractivity contribution is 6.06. The quantitative estimate of drug-likeness (QED) is 0.745. The normalized spacial score (nSPS) is 20.1. The van der Waals surface area contributed by atoms with Crippen LogP contribution in [0.1, 0.15) is 47.9 Å². The summed E-state index contributed by atoms with van der Waals surface area (Å²) in [5.74, 6) is 0.0214. The molecule has 1 saturated heterocycles. The maximum Gasteiger partial charge on any atom is 0.258 e. The van der Waals surface area contributed by atoms with Crippen LogP contribution in [0.15, 0.2) is 22.2 Å². The molecule has 0 radical (unpaired) electrons. The zero-order valence-electron chi connectivity index (χ0n) is 15.0. The van der Waals surface area contributed by atoms with Crippen molar-refractivity contribution in [2.75, 3.05) is 19.7 Å². The van der Waals surface area contributed by atoms with E-state index >= 15 is 0 Å². The van der Waals surface area contributed by atoms with Crippen molar-refractivity contribution >= 4 is 17.0 Å². The van der Waals surface area contributed by atoms with E-state index in [4.69, 9.17) is 9.26 Å². The number of hydrogen-bond acceptors (Lipinski definition) is 5. The Labute approximate surface area is 146 Å². The van der Waals surface area contributed by atoms with Crippen molar-refractivity contribution in [2.45, 2.75) is 45.6 Å². The van der Waals surface area contributed by atoms with Crippen LogP contribution in [0.3, 0.4) is 0 Å². The van der Waals surface area contributed by atoms with E-state index in [2.05, 4.69) is 23.1 Å². The number of hydrogen-bond donors (Lipinski definition) is 0. The van der Waals surface area contributed by atoms with Gasteiger partial charge in [-0.1, -0.05) is 16.8 Å². The Balaban J connectivity index is 1.59. The average Bonchev–Trinajstić information content (AvgIpc) is 2.95. The Hall–Kier alpha value is -2.21. The summed E-state index contributed by atoms with van der Waals surface area (Å²) in [5, 5.41) is 4.69. The minimum atomic E-state index is -0.185. The van der Waals surface area contributed by atoms with E-state index in [0.29, 0.717) is 30.1 Å². The number of ether oxygens (including phenoxy) is 1. The van der Waals surface area contributed by atoms with E-state index in [-0.39, 0.29) is 11.5 Å². The Kier molecular flexibility index (Phi) is 3.87. The van der Waals surface area contributed by atoms with Crippen molar-refractivity contribution < 1.29 is 14.1 Å². The highest BCUT2D eigenvalue weighted by Gasteiger charge is 2.37. The zero-order chi connectivity index (χ0) is 17.6. The number of aryl methyl sites for hydroxylation is 2. The lowest BCUT2D eigenvalue weighted by Gasteiger charge is -2.42. The number of fused-ring (bicyclic) bond motifs is 1. The Morgan fingerprint density at radius 3 is 2.72 bits per heavy atom. The summed E-state index contributed by atoms with van der Waals surface area (Å²) in [6, 6.07) is 1.83. The smallest absolute Gasteiger partial charge is 0.258 e. The van der Waals surface area contributed by atoms with Crippen molar-refractivity contribution in [1.82, 2.24) is 15.0 Å². The van der Waals surface area contributed by atoms with Crippen LogP contribution in [0.4, 0.5) is 0 Å². The van der Waals surface area contributed by atoms with E-state index in [1.165, 1.54) is 5.57 Å². The second-order valence-electron chi connectivity index (χ2n) is 7.21. The van der Waals surface area contributed by atoms with Gasteiger partial charge in [-0.3, -0.25) is 4.79 Å². The third-order valence-electron chi connectivity index (χ3n) is 5.27. The van der Waals surface area contributed by atoms with Crippen LogP contribution in [0.25, 0.3) is 11.1 Å². The van der Waals surface area contributed by atoms with Crippen LogP contribution in [0, 0.1) is 13.8 Å². The molecule has 6 heteroatoms. The molecule has 0 aromatic carbocycles. The topological polar surface area (TPSA) is 68.5 Å². The van der Waals surface area contributed by atoms with Crippen LogP contribution in [-0.2, 0) is 4.74 Å². The SMILES string of the molecule is CC1=CC2(CCN(C(=O)c3cc(C)nc4onc(C)c34)CC2)OCC1. The van der Waals surface area contributed by atoms with Crippen molar-refractivity contribution in [3.05, 3.63) is 34.7 Å². The maximum atomic E-state index is 13.1. The lowest BCUT2D eigenvalue weighted by Crippen LogP contribution is -2.48. The number of amides is 1. The monoisotopic (exact) mass is 341 g/mol. The van der Waals surface area contributed by atoms with Gasteiger partial charge in [-0.2, -0.15) is 0 Å². The van der Waals surface area contributed by atoms with Gasteiger partial charge in [0.15, 0.2) is 0 Å². The van der Waals surface area contributed by atoms with Crippen LogP contribution in [0.2, 0.25) is 0 Å². The molecule has 6 nitrogen and oxygen atoms in total. The molecule has 4 rings (SSSR count). The molecule has 1 spiro atoms. The second-order valence-corrected chi connectivity index (χ2v) is 7.21. The van der Waals surface area contributed by atoms with Crippen molar-refractivity contribution in [3.8, 4) is 0 Å². The third kappa shape index (κ3) is 2.84. The molecule has 25 heavy (non-hydrogen) atoms. The Bertz CT molecular complexity index is 860. The van der Waals surface area contributed by atoms with Gasteiger partial charge in [0, 0.05) is 18.8 Å². The first-order valence-corrected chi connectivity index (χ1v) is 8.83. The van der Waals surface area contributed by atoms with Crippen LogP contribution >= 0.6 is 0 Å². The van der Waals surface area contributed by atoms with E-state index in [9.17, 15) is 4.79 Å². The second kappa shape index (κ2) is 5.95. The van der Waals surface area contributed by atoms with Gasteiger partial charge in [-0.15, -0.1) is 0 Å². The Morgan fingerprint density at radius 1 is 1.24 bits per heavy atom. The summed E-state index contributed by atoms with van der Waals surface area (Å²) in [7, 11) is 0. The van der Waals surface area contributed by atoms with E-state index < -0.39 is 0 Å². The lowest BCUT2D eigenvalue weighted by atomic mass is 9.86. The highest BCUT2D eigenvalue weighted by atomic mass is 16.5. The summed E-state index contributed by atoms with van der Waals surface area (Å²) < 4.78 is 11.3. The van der Waals surface area contributed by atoms with Gasteiger partial charge < -0.3 is 14.2 Å². The minimum Gasteiger partial charge on any atom is -0.370 e. The first-order valence-electron chi connectivity index (χ1n) is 8.83.